The zero-order chi connectivity index (χ0) is 26.3. The van der Waals surface area contributed by atoms with Crippen LogP contribution in [0.25, 0.3) is 23.3 Å². The molecular weight excluding hydrogens is 507 g/mol. The summed E-state index contributed by atoms with van der Waals surface area (Å²) in [5.74, 6) is -1.01. The van der Waals surface area contributed by atoms with Crippen molar-refractivity contribution in [3.8, 4) is 0 Å². The van der Waals surface area contributed by atoms with Crippen LogP contribution in [-0.2, 0) is 4.79 Å². The van der Waals surface area contributed by atoms with E-state index in [0.717, 1.165) is 22.5 Å². The maximum absolute atomic E-state index is 11.1. The Morgan fingerprint density at radius 2 is 1.21 bits per heavy atom. The van der Waals surface area contributed by atoms with Crippen molar-refractivity contribution in [2.75, 3.05) is 4.90 Å². The van der Waals surface area contributed by atoms with Crippen LogP contribution in [0.2, 0.25) is 0 Å². The quantitative estimate of drug-likeness (QED) is 0.152. The fraction of sp³-hybridized carbons (Fsp3) is 0. The van der Waals surface area contributed by atoms with Gasteiger partial charge in [0.05, 0.1) is 5.57 Å². The molecule has 38 heavy (non-hydrogen) atoms. The average Bonchev–Trinajstić information content (AvgIpc) is 3.69. The van der Waals surface area contributed by atoms with Crippen molar-refractivity contribution in [1.29, 1.82) is 0 Å². The van der Waals surface area contributed by atoms with E-state index in [4.69, 9.17) is 5.11 Å². The van der Waals surface area contributed by atoms with Gasteiger partial charge in [-0.05, 0) is 63.8 Å². The molecule has 2 heterocycles. The van der Waals surface area contributed by atoms with Crippen LogP contribution in [-0.4, -0.2) is 11.1 Å². The molecule has 186 valence electrons. The highest BCUT2D eigenvalue weighted by molar-refractivity contribution is 7.13. The summed E-state index contributed by atoms with van der Waals surface area (Å²) < 4.78 is 0. The molecule has 5 rings (SSSR count). The third-order valence-corrected chi connectivity index (χ3v) is 7.83. The van der Waals surface area contributed by atoms with E-state index < -0.39 is 5.97 Å². The smallest absolute Gasteiger partial charge is 0.335 e. The summed E-state index contributed by atoms with van der Waals surface area (Å²) in [6.45, 7) is 3.61. The van der Waals surface area contributed by atoms with E-state index in [1.165, 1.54) is 15.3 Å². The second-order valence-electron chi connectivity index (χ2n) is 8.53. The van der Waals surface area contributed by atoms with E-state index in [0.29, 0.717) is 5.56 Å². The molecule has 3 aromatic carbocycles. The first-order chi connectivity index (χ1) is 18.6. The molecule has 0 aliphatic rings. The van der Waals surface area contributed by atoms with E-state index >= 15 is 0 Å². The molecule has 0 bridgehead atoms. The van der Waals surface area contributed by atoms with Crippen molar-refractivity contribution in [2.45, 2.75) is 0 Å². The summed E-state index contributed by atoms with van der Waals surface area (Å²) in [5, 5.41) is 13.3. The lowest BCUT2D eigenvalue weighted by Gasteiger charge is -2.22. The number of para-hydroxylation sites is 1. The van der Waals surface area contributed by atoms with Crippen LogP contribution in [0.4, 0.5) is 11.4 Å². The Morgan fingerprint density at radius 1 is 0.684 bits per heavy atom. The van der Waals surface area contributed by atoms with E-state index in [1.807, 2.05) is 24.3 Å². The molecular formula is C33H25NO2S2. The Morgan fingerprint density at radius 3 is 1.71 bits per heavy atom. The van der Waals surface area contributed by atoms with Crippen LogP contribution in [0.3, 0.4) is 0 Å². The normalized spacial score (nSPS) is 10.8. The predicted molar refractivity (Wildman–Crippen MR) is 163 cm³/mol. The summed E-state index contributed by atoms with van der Waals surface area (Å²) in [5.41, 5.74) is 6.10. The lowest BCUT2D eigenvalue weighted by molar-refractivity contribution is -0.130. The van der Waals surface area contributed by atoms with Gasteiger partial charge in [0.2, 0.25) is 0 Å². The van der Waals surface area contributed by atoms with Crippen LogP contribution in [0, 0.1) is 0 Å². The van der Waals surface area contributed by atoms with Gasteiger partial charge in [0.1, 0.15) is 0 Å². The van der Waals surface area contributed by atoms with E-state index in [9.17, 15) is 4.79 Å². The first kappa shape index (κ1) is 25.2. The molecule has 0 saturated carbocycles. The average molecular weight is 532 g/mol. The zero-order valence-electron chi connectivity index (χ0n) is 20.5. The zero-order valence-corrected chi connectivity index (χ0v) is 22.2. The Balaban J connectivity index is 1.43. The molecule has 3 nitrogen and oxygen atoms in total. The fourth-order valence-corrected chi connectivity index (χ4v) is 5.55. The van der Waals surface area contributed by atoms with Crippen LogP contribution >= 0.6 is 22.7 Å². The van der Waals surface area contributed by atoms with Gasteiger partial charge in [-0.2, -0.15) is 0 Å². The molecule has 2 aromatic heterocycles. The molecule has 5 heteroatoms. The van der Waals surface area contributed by atoms with Gasteiger partial charge in [-0.25, -0.2) is 4.79 Å². The highest BCUT2D eigenvalue weighted by Gasteiger charge is 2.13. The number of carbonyl (C=O) groups is 1. The van der Waals surface area contributed by atoms with E-state index in [2.05, 4.69) is 107 Å². The topological polar surface area (TPSA) is 40.5 Å². The second-order valence-corrected chi connectivity index (χ2v) is 10.4. The van der Waals surface area contributed by atoms with Gasteiger partial charge in [0.25, 0.3) is 0 Å². The van der Waals surface area contributed by atoms with Crippen molar-refractivity contribution in [3.05, 3.63) is 153 Å². The Bertz CT molecular complexity index is 1530. The van der Waals surface area contributed by atoms with Crippen LogP contribution in [0.5, 0.6) is 0 Å². The summed E-state index contributed by atoms with van der Waals surface area (Å²) in [6.07, 6.45) is 6.30. The van der Waals surface area contributed by atoms with E-state index in [-0.39, 0.29) is 5.57 Å². The van der Waals surface area contributed by atoms with Crippen molar-refractivity contribution in [1.82, 2.24) is 0 Å². The number of aliphatic carboxylic acids is 1. The Labute approximate surface area is 230 Å². The van der Waals surface area contributed by atoms with Gasteiger partial charge >= 0.3 is 5.97 Å². The van der Waals surface area contributed by atoms with Gasteiger partial charge in [-0.15, -0.1) is 22.7 Å². The summed E-state index contributed by atoms with van der Waals surface area (Å²) >= 11 is 3.48. The Hall–Kier alpha value is -4.45. The van der Waals surface area contributed by atoms with Gasteiger partial charge in [0, 0.05) is 32.9 Å². The standard InChI is InChI=1S/C33H25NO2S2/c1-24(33(35)36)27-17-13-25(14-18-27)11-12-26-15-19-29(20-16-26)34(28-7-3-2-4-8-28)23-30(31-9-5-21-37-31)32-10-6-22-38-32/h2-23H,1H2,(H,35,36). The number of rotatable bonds is 9. The Kier molecular flexibility index (Phi) is 7.78. The third kappa shape index (κ3) is 5.92. The number of thiophene rings is 2. The minimum Gasteiger partial charge on any atom is -0.478 e. The van der Waals surface area contributed by atoms with Crippen LogP contribution < -0.4 is 4.90 Å². The lowest BCUT2D eigenvalue weighted by Crippen LogP contribution is -2.09. The maximum atomic E-state index is 11.1. The second kappa shape index (κ2) is 11.7. The number of hydrogen-bond acceptors (Lipinski definition) is 4. The molecule has 1 N–H and O–H groups in total. The minimum absolute atomic E-state index is 0.0921. The fourth-order valence-electron chi connectivity index (χ4n) is 3.99. The monoisotopic (exact) mass is 531 g/mol. The van der Waals surface area contributed by atoms with Gasteiger partial charge in [0.15, 0.2) is 0 Å². The van der Waals surface area contributed by atoms with Crippen molar-refractivity contribution in [2.24, 2.45) is 0 Å². The number of benzene rings is 3. The molecule has 0 atom stereocenters. The minimum atomic E-state index is -1.01. The summed E-state index contributed by atoms with van der Waals surface area (Å²) in [4.78, 5) is 15.8. The largest absolute Gasteiger partial charge is 0.478 e. The third-order valence-electron chi connectivity index (χ3n) is 6.02. The van der Waals surface area contributed by atoms with Crippen LogP contribution in [0.1, 0.15) is 26.4 Å². The molecule has 0 amide bonds. The predicted octanol–water partition coefficient (Wildman–Crippen LogP) is 9.31. The molecule has 0 radical (unpaired) electrons. The van der Waals surface area contributed by atoms with Crippen molar-refractivity contribution < 1.29 is 9.90 Å². The highest BCUT2D eigenvalue weighted by atomic mass is 32.1. The van der Waals surface area contributed by atoms with Gasteiger partial charge in [-0.3, -0.25) is 0 Å². The molecule has 5 aromatic rings. The lowest BCUT2D eigenvalue weighted by atomic mass is 10.0. The van der Waals surface area contributed by atoms with Crippen molar-refractivity contribution in [3.63, 3.8) is 0 Å². The summed E-state index contributed by atoms with van der Waals surface area (Å²) in [7, 11) is 0. The molecule has 0 saturated heterocycles. The maximum Gasteiger partial charge on any atom is 0.335 e. The van der Waals surface area contributed by atoms with Crippen LogP contribution in [0.15, 0.2) is 127 Å². The highest BCUT2D eigenvalue weighted by Crippen LogP contribution is 2.35. The first-order valence-electron chi connectivity index (χ1n) is 12.0. The number of hydrogen-bond donors (Lipinski definition) is 1. The number of nitrogens with zero attached hydrogens (tertiary/aromatic N) is 1. The molecule has 0 aliphatic carbocycles. The number of carboxylic acids is 1. The van der Waals surface area contributed by atoms with Gasteiger partial charge in [-0.1, -0.05) is 85.5 Å². The van der Waals surface area contributed by atoms with Gasteiger partial charge < -0.3 is 10.0 Å². The molecule has 0 aliphatic heterocycles. The number of carboxylic acid groups (broad SMARTS) is 1. The molecule has 0 fully saturated rings. The molecule has 0 spiro atoms. The molecule has 0 unspecified atom stereocenters. The summed E-state index contributed by atoms with van der Waals surface area (Å²) in [6, 6.07) is 34.7. The van der Waals surface area contributed by atoms with Crippen molar-refractivity contribution >= 4 is 63.3 Å². The van der Waals surface area contributed by atoms with E-state index in [1.54, 1.807) is 34.8 Å². The number of anilines is 2. The first-order valence-corrected chi connectivity index (χ1v) is 13.8. The SMILES string of the molecule is C=C(C(=O)O)c1ccc(C=Cc2ccc(N(C=C(c3cccs3)c3cccs3)c3ccccc3)cc2)cc1.